The van der Waals surface area contributed by atoms with Gasteiger partial charge in [-0.05, 0) is 51.1 Å². The quantitative estimate of drug-likeness (QED) is 0.0837. The third-order valence-corrected chi connectivity index (χ3v) is 9.40. The number of carboxylic acid groups (broad SMARTS) is 1. The zero-order valence-electron chi connectivity index (χ0n) is 28.6. The van der Waals surface area contributed by atoms with Crippen molar-refractivity contribution < 1.29 is 61.4 Å². The Labute approximate surface area is 298 Å². The number of hydrogen-bond donors (Lipinski definition) is 4. The van der Waals surface area contributed by atoms with Crippen molar-refractivity contribution in [2.24, 2.45) is 0 Å². The summed E-state index contributed by atoms with van der Waals surface area (Å²) in [6, 6.07) is 7.61. The summed E-state index contributed by atoms with van der Waals surface area (Å²) in [5, 5.41) is 8.60. The molecule has 2 heterocycles. The summed E-state index contributed by atoms with van der Waals surface area (Å²) in [6.07, 6.45) is 2.54. The molecule has 1 aromatic carbocycles. The number of rotatable bonds is 17. The van der Waals surface area contributed by atoms with Crippen molar-refractivity contribution in [3.05, 3.63) is 102 Å². The van der Waals surface area contributed by atoms with E-state index in [2.05, 4.69) is 9.47 Å². The highest BCUT2D eigenvalue weighted by Crippen LogP contribution is 2.43. The van der Waals surface area contributed by atoms with E-state index in [0.29, 0.717) is 12.8 Å². The highest BCUT2D eigenvalue weighted by atomic mass is 31.2. The predicted molar refractivity (Wildman–Crippen MR) is 181 cm³/mol. The molecule has 23 heteroatoms. The number of carbonyl (C=O) groups is 3. The molecule has 0 spiro atoms. The second-order valence-corrected chi connectivity index (χ2v) is 16.4. The fourth-order valence-electron chi connectivity index (χ4n) is 4.34. The third kappa shape index (κ3) is 13.4. The molecule has 4 N–H and O–H groups in total. The molecule has 2 aromatic heterocycles. The van der Waals surface area contributed by atoms with E-state index in [4.69, 9.17) is 19.6 Å². The third-order valence-electron chi connectivity index (χ3n) is 6.93. The molecule has 3 aromatic rings. The lowest BCUT2D eigenvalue weighted by atomic mass is 10.2. The molecule has 19 nitrogen and oxygen atoms in total. The number of aromatic amines is 1. The molecule has 2 unspecified atom stereocenters. The van der Waals surface area contributed by atoms with Gasteiger partial charge in [-0.2, -0.15) is 13.3 Å². The Morgan fingerprint density at radius 1 is 0.830 bits per heavy atom. The number of nitrogens with one attached hydrogen (secondary N) is 1. The summed E-state index contributed by atoms with van der Waals surface area (Å²) in [5.41, 5.74) is -4.13. The molecule has 2 atom stereocenters. The van der Waals surface area contributed by atoms with Crippen molar-refractivity contribution >= 4 is 32.6 Å². The number of carbonyl (C=O) groups excluding carboxylic acids is 2. The van der Waals surface area contributed by atoms with Crippen LogP contribution in [-0.2, 0) is 46.0 Å². The summed E-state index contributed by atoms with van der Waals surface area (Å²) < 4.78 is 66.7. The SMILES string of the molecule is COC(=O)C(OCCCCn1cc(F)c(=O)n(C(=O)c2ccccc2)c1=O)P(C)(C)=O.O=C(O)C(OCCCCn1cc(F)c(=O)[nH]c1=O)P(=O)(O)O. The number of methoxy groups -OCH3 is 1. The number of esters is 1. The summed E-state index contributed by atoms with van der Waals surface area (Å²) in [7, 11) is -6.66. The van der Waals surface area contributed by atoms with Crippen LogP contribution in [0.3, 0.4) is 0 Å². The van der Waals surface area contributed by atoms with Crippen LogP contribution in [0.5, 0.6) is 0 Å². The van der Waals surface area contributed by atoms with Gasteiger partial charge in [0.05, 0.1) is 19.5 Å². The van der Waals surface area contributed by atoms with Crippen LogP contribution >= 0.6 is 14.7 Å². The maximum atomic E-state index is 14.1. The first-order valence-corrected chi connectivity index (χ1v) is 19.8. The van der Waals surface area contributed by atoms with E-state index in [9.17, 15) is 51.5 Å². The van der Waals surface area contributed by atoms with Gasteiger partial charge in [-0.15, -0.1) is 0 Å². The number of H-pyrrole nitrogens is 1. The Morgan fingerprint density at radius 2 is 1.36 bits per heavy atom. The fraction of sp³-hybridized carbons (Fsp3) is 0.433. The molecule has 0 saturated carbocycles. The van der Waals surface area contributed by atoms with Gasteiger partial charge in [0.25, 0.3) is 22.9 Å². The normalized spacial score (nSPS) is 12.7. The number of halogens is 2. The first kappa shape index (κ1) is 44.5. The summed E-state index contributed by atoms with van der Waals surface area (Å²) in [4.78, 5) is 101. The molecule has 292 valence electrons. The number of aromatic nitrogens is 4. The van der Waals surface area contributed by atoms with Crippen LogP contribution in [0, 0.1) is 11.6 Å². The summed E-state index contributed by atoms with van der Waals surface area (Å²) >= 11 is 0. The molecule has 0 amide bonds. The maximum absolute atomic E-state index is 14.1. The van der Waals surface area contributed by atoms with Crippen LogP contribution in [0.25, 0.3) is 0 Å². The molecule has 0 bridgehead atoms. The Kier molecular flexibility index (Phi) is 16.8. The number of benzene rings is 1. The minimum atomic E-state index is -4.92. The second-order valence-electron chi connectivity index (χ2n) is 11.4. The summed E-state index contributed by atoms with van der Waals surface area (Å²) in [6.45, 7) is 2.60. The topological polar surface area (TPSA) is 273 Å². The highest BCUT2D eigenvalue weighted by Gasteiger charge is 2.36. The van der Waals surface area contributed by atoms with Crippen LogP contribution in [0.2, 0.25) is 0 Å². The van der Waals surface area contributed by atoms with Gasteiger partial charge in [-0.25, -0.2) is 19.2 Å². The molecule has 0 radical (unpaired) electrons. The van der Waals surface area contributed by atoms with Gasteiger partial charge in [0.1, 0.15) is 7.14 Å². The van der Waals surface area contributed by atoms with Crippen molar-refractivity contribution in [1.82, 2.24) is 18.7 Å². The van der Waals surface area contributed by atoms with Crippen molar-refractivity contribution in [2.75, 3.05) is 33.7 Å². The number of carboxylic acids is 1. The van der Waals surface area contributed by atoms with E-state index in [0.717, 1.165) is 21.5 Å². The number of unbranched alkanes of at least 4 members (excludes halogenated alkanes) is 2. The molecule has 0 aliphatic heterocycles. The Hall–Kier alpha value is -4.65. The zero-order chi connectivity index (χ0) is 40.1. The van der Waals surface area contributed by atoms with Crippen LogP contribution in [-0.4, -0.2) is 96.8 Å². The Bertz CT molecular complexity index is 2090. The van der Waals surface area contributed by atoms with Gasteiger partial charge >= 0.3 is 30.9 Å². The van der Waals surface area contributed by atoms with Gasteiger partial charge in [0.2, 0.25) is 17.5 Å². The monoisotopic (exact) mass is 794 g/mol. The number of ether oxygens (including phenoxy) is 3. The molecular formula is C30H38F2N4O15P2. The zero-order valence-corrected chi connectivity index (χ0v) is 30.4. The number of aliphatic carboxylic acids is 1. The first-order valence-electron chi connectivity index (χ1n) is 15.4. The van der Waals surface area contributed by atoms with Crippen molar-refractivity contribution in [3.8, 4) is 0 Å². The lowest BCUT2D eigenvalue weighted by Crippen LogP contribution is -2.45. The second kappa shape index (κ2) is 20.0. The van der Waals surface area contributed by atoms with Crippen LogP contribution in [0.4, 0.5) is 8.78 Å². The van der Waals surface area contributed by atoms with E-state index in [1.54, 1.807) is 23.2 Å². The van der Waals surface area contributed by atoms with E-state index < -0.39 is 78.4 Å². The molecule has 3 rings (SSSR count). The first-order chi connectivity index (χ1) is 24.7. The minimum absolute atomic E-state index is 0.000263. The van der Waals surface area contributed by atoms with E-state index in [1.165, 1.54) is 32.6 Å². The van der Waals surface area contributed by atoms with Crippen molar-refractivity contribution in [1.29, 1.82) is 0 Å². The number of hydrogen-bond acceptors (Lipinski definition) is 12. The van der Waals surface area contributed by atoms with Gasteiger partial charge in [-0.3, -0.25) is 33.1 Å². The highest BCUT2D eigenvalue weighted by molar-refractivity contribution is 7.63. The lowest BCUT2D eigenvalue weighted by molar-refractivity contribution is -0.149. The predicted octanol–water partition coefficient (Wildman–Crippen LogP) is 0.817. The van der Waals surface area contributed by atoms with Crippen molar-refractivity contribution in [3.63, 3.8) is 0 Å². The van der Waals surface area contributed by atoms with E-state index in [-0.39, 0.29) is 49.3 Å². The van der Waals surface area contributed by atoms with Gasteiger partial charge in [0.15, 0.2) is 0 Å². The number of aryl methyl sites for hydroxylation is 2. The average Bonchev–Trinajstić information content (AvgIpc) is 3.07. The van der Waals surface area contributed by atoms with Crippen molar-refractivity contribution in [2.45, 2.75) is 50.5 Å². The summed E-state index contributed by atoms with van der Waals surface area (Å²) in [5.74, 6) is -9.24. The van der Waals surface area contributed by atoms with Crippen LogP contribution < -0.4 is 22.5 Å². The van der Waals surface area contributed by atoms with E-state index in [1.807, 2.05) is 0 Å². The molecular weight excluding hydrogens is 756 g/mol. The smallest absolute Gasteiger partial charge is 0.365 e. The van der Waals surface area contributed by atoms with Gasteiger partial charge < -0.3 is 33.7 Å². The maximum Gasteiger partial charge on any atom is 0.365 e. The van der Waals surface area contributed by atoms with E-state index >= 15 is 0 Å². The molecule has 0 aliphatic rings. The largest absolute Gasteiger partial charge is 0.479 e. The van der Waals surface area contributed by atoms with Gasteiger partial charge in [0, 0.05) is 31.9 Å². The van der Waals surface area contributed by atoms with Crippen LogP contribution in [0.1, 0.15) is 36.0 Å². The Balaban J connectivity index is 0.000000390. The average molecular weight is 795 g/mol. The Morgan fingerprint density at radius 3 is 1.87 bits per heavy atom. The number of nitrogens with zero attached hydrogens (tertiary/aromatic N) is 3. The molecule has 0 aliphatic carbocycles. The molecule has 0 fully saturated rings. The lowest BCUT2D eigenvalue weighted by Gasteiger charge is -2.19. The standard InChI is InChI=1S/C20H24FN2O7P.C10H14FN2O8P/c1-29-18(26)19(31(2,3)28)30-12-8-7-11-22-13-15(21)17(25)23(20(22)27)16(24)14-9-5-4-6-10-14;11-6-5-13(10(17)12-7(6)14)3-1-2-4-21-9(8(15)16)22(18,19)20/h4-6,9-10,13,19H,7-8,11-12H2,1-3H3;5,9H,1-4H2,(H,15,16)(H,12,14,17)(H2,18,19,20). The molecule has 53 heavy (non-hydrogen) atoms. The van der Waals surface area contributed by atoms with Gasteiger partial charge in [-0.1, -0.05) is 18.2 Å². The van der Waals surface area contributed by atoms with Crippen LogP contribution in [0.15, 0.2) is 61.9 Å². The minimum Gasteiger partial charge on any atom is -0.479 e. The molecule has 0 saturated heterocycles. The fourth-order valence-corrected chi connectivity index (χ4v) is 6.00.